The summed E-state index contributed by atoms with van der Waals surface area (Å²) < 4.78 is 55.5. The number of imidazole rings is 1. The first-order chi connectivity index (χ1) is 10.4. The molecule has 0 radical (unpaired) electrons. The van der Waals surface area contributed by atoms with Crippen LogP contribution in [-0.2, 0) is 23.6 Å². The predicted octanol–water partition coefficient (Wildman–Crippen LogP) is 2.05. The molecule has 1 aromatic heterocycles. The van der Waals surface area contributed by atoms with Crippen molar-refractivity contribution in [3.05, 3.63) is 48.1 Å². The molecule has 8 heteroatoms. The van der Waals surface area contributed by atoms with Gasteiger partial charge in [-0.1, -0.05) is 0 Å². The summed E-state index contributed by atoms with van der Waals surface area (Å²) in [5, 5.41) is 0. The Morgan fingerprint density at radius 1 is 1.36 bits per heavy atom. The van der Waals surface area contributed by atoms with E-state index in [0.717, 1.165) is 18.2 Å². The molecule has 0 unspecified atom stereocenters. The number of sulfonamides is 1. The first kappa shape index (κ1) is 15.1. The van der Waals surface area contributed by atoms with E-state index in [1.807, 2.05) is 0 Å². The zero-order valence-electron chi connectivity index (χ0n) is 11.9. The van der Waals surface area contributed by atoms with Crippen molar-refractivity contribution in [1.82, 2.24) is 13.9 Å². The standard InChI is InChI=1S/C14H15F2N3O2S/c1-18-7-6-17-14(18)9-19(11-3-4-11)22(20,21)13-8-10(15)2-5-12(13)16/h2,5-8,11H,3-4,9H2,1H3. The van der Waals surface area contributed by atoms with Gasteiger partial charge in [-0.2, -0.15) is 4.31 Å². The molecule has 22 heavy (non-hydrogen) atoms. The van der Waals surface area contributed by atoms with Crippen LogP contribution in [0.1, 0.15) is 18.7 Å². The average molecular weight is 327 g/mol. The van der Waals surface area contributed by atoms with Gasteiger partial charge < -0.3 is 4.57 Å². The van der Waals surface area contributed by atoms with Crippen LogP contribution in [0.15, 0.2) is 35.5 Å². The van der Waals surface area contributed by atoms with E-state index in [0.29, 0.717) is 18.7 Å². The lowest BCUT2D eigenvalue weighted by molar-refractivity contribution is 0.382. The molecule has 0 atom stereocenters. The molecule has 3 rings (SSSR count). The number of benzene rings is 1. The topological polar surface area (TPSA) is 55.2 Å². The molecular formula is C14H15F2N3O2S. The Bertz CT molecular complexity index is 800. The van der Waals surface area contributed by atoms with Gasteiger partial charge >= 0.3 is 0 Å². The van der Waals surface area contributed by atoms with E-state index in [2.05, 4.69) is 4.98 Å². The summed E-state index contributed by atoms with van der Waals surface area (Å²) in [4.78, 5) is 3.47. The van der Waals surface area contributed by atoms with E-state index in [9.17, 15) is 17.2 Å². The van der Waals surface area contributed by atoms with Gasteiger partial charge in [0.15, 0.2) is 0 Å². The van der Waals surface area contributed by atoms with Crippen LogP contribution in [0.5, 0.6) is 0 Å². The first-order valence-electron chi connectivity index (χ1n) is 6.82. The highest BCUT2D eigenvalue weighted by molar-refractivity contribution is 7.89. The fraction of sp³-hybridized carbons (Fsp3) is 0.357. The predicted molar refractivity (Wildman–Crippen MR) is 75.3 cm³/mol. The Kier molecular flexibility index (Phi) is 3.73. The quantitative estimate of drug-likeness (QED) is 0.844. The second kappa shape index (κ2) is 5.44. The normalized spacial score (nSPS) is 15.5. The highest BCUT2D eigenvalue weighted by Crippen LogP contribution is 2.34. The van der Waals surface area contributed by atoms with E-state index in [1.54, 1.807) is 24.0 Å². The minimum atomic E-state index is -4.12. The summed E-state index contributed by atoms with van der Waals surface area (Å²) >= 11 is 0. The molecule has 5 nitrogen and oxygen atoms in total. The molecule has 0 N–H and O–H groups in total. The van der Waals surface area contributed by atoms with Crippen molar-refractivity contribution in [2.45, 2.75) is 30.3 Å². The van der Waals surface area contributed by atoms with Gasteiger partial charge in [-0.3, -0.25) is 0 Å². The molecule has 118 valence electrons. The number of nitrogens with zero attached hydrogens (tertiary/aromatic N) is 3. The highest BCUT2D eigenvalue weighted by atomic mass is 32.2. The second-order valence-electron chi connectivity index (χ2n) is 5.31. The van der Waals surface area contributed by atoms with E-state index in [4.69, 9.17) is 0 Å². The van der Waals surface area contributed by atoms with Crippen LogP contribution in [0.25, 0.3) is 0 Å². The Labute approximate surface area is 127 Å². The van der Waals surface area contributed by atoms with Gasteiger partial charge in [-0.05, 0) is 31.0 Å². The fourth-order valence-electron chi connectivity index (χ4n) is 2.26. The second-order valence-corrected chi connectivity index (χ2v) is 7.17. The summed E-state index contributed by atoms with van der Waals surface area (Å²) in [6.07, 6.45) is 4.69. The molecule has 1 fully saturated rings. The number of aryl methyl sites for hydroxylation is 1. The van der Waals surface area contributed by atoms with Crippen LogP contribution < -0.4 is 0 Å². The molecule has 0 aliphatic heterocycles. The summed E-state index contributed by atoms with van der Waals surface area (Å²) in [7, 11) is -2.37. The molecular weight excluding hydrogens is 312 g/mol. The van der Waals surface area contributed by atoms with E-state index in [-0.39, 0.29) is 12.6 Å². The first-order valence-corrected chi connectivity index (χ1v) is 8.26. The Hall–Kier alpha value is -1.80. The van der Waals surface area contributed by atoms with Crippen LogP contribution in [0.4, 0.5) is 8.78 Å². The van der Waals surface area contributed by atoms with Crippen LogP contribution in [0.3, 0.4) is 0 Å². The number of rotatable bonds is 5. The average Bonchev–Trinajstić information content (AvgIpc) is 3.22. The maximum Gasteiger partial charge on any atom is 0.246 e. The summed E-state index contributed by atoms with van der Waals surface area (Å²) in [5.41, 5.74) is 0. The molecule has 0 saturated heterocycles. The maximum atomic E-state index is 13.9. The Morgan fingerprint density at radius 2 is 2.09 bits per heavy atom. The van der Waals surface area contributed by atoms with Crippen molar-refractivity contribution in [3.63, 3.8) is 0 Å². The minimum absolute atomic E-state index is 0.0342. The molecule has 2 aromatic rings. The zero-order valence-corrected chi connectivity index (χ0v) is 12.7. The van der Waals surface area contributed by atoms with Crippen LogP contribution >= 0.6 is 0 Å². The van der Waals surface area contributed by atoms with Gasteiger partial charge in [-0.25, -0.2) is 22.2 Å². The number of hydrogen-bond donors (Lipinski definition) is 0. The van der Waals surface area contributed by atoms with Crippen LogP contribution in [-0.4, -0.2) is 28.3 Å². The fourth-order valence-corrected chi connectivity index (χ4v) is 3.98. The lowest BCUT2D eigenvalue weighted by Gasteiger charge is -2.22. The number of aromatic nitrogens is 2. The SMILES string of the molecule is Cn1ccnc1CN(C1CC1)S(=O)(=O)c1cc(F)ccc1F. The smallest absolute Gasteiger partial charge is 0.246 e. The van der Waals surface area contributed by atoms with Gasteiger partial charge in [0.2, 0.25) is 10.0 Å². The van der Waals surface area contributed by atoms with Gasteiger partial charge in [-0.15, -0.1) is 0 Å². The van der Waals surface area contributed by atoms with Gasteiger partial charge in [0, 0.05) is 25.5 Å². The zero-order chi connectivity index (χ0) is 15.9. The lowest BCUT2D eigenvalue weighted by atomic mass is 10.3. The third-order valence-electron chi connectivity index (χ3n) is 3.65. The molecule has 1 aliphatic carbocycles. The van der Waals surface area contributed by atoms with Crippen molar-refractivity contribution >= 4 is 10.0 Å². The van der Waals surface area contributed by atoms with E-state index >= 15 is 0 Å². The van der Waals surface area contributed by atoms with E-state index in [1.165, 1.54) is 4.31 Å². The van der Waals surface area contributed by atoms with Crippen molar-refractivity contribution in [2.75, 3.05) is 0 Å². The molecule has 1 heterocycles. The van der Waals surface area contributed by atoms with Crippen molar-refractivity contribution in [1.29, 1.82) is 0 Å². The van der Waals surface area contributed by atoms with E-state index < -0.39 is 26.6 Å². The summed E-state index contributed by atoms with van der Waals surface area (Å²) in [6.45, 7) is 0.0342. The van der Waals surface area contributed by atoms with Crippen LogP contribution in [0, 0.1) is 11.6 Å². The molecule has 0 amide bonds. The monoisotopic (exact) mass is 327 g/mol. The molecule has 0 bridgehead atoms. The highest BCUT2D eigenvalue weighted by Gasteiger charge is 2.40. The third kappa shape index (κ3) is 2.76. The molecule has 1 aromatic carbocycles. The largest absolute Gasteiger partial charge is 0.337 e. The third-order valence-corrected chi connectivity index (χ3v) is 5.57. The number of hydrogen-bond acceptors (Lipinski definition) is 3. The Balaban J connectivity index is 2.00. The van der Waals surface area contributed by atoms with Crippen molar-refractivity contribution in [2.24, 2.45) is 7.05 Å². The molecule has 1 saturated carbocycles. The van der Waals surface area contributed by atoms with Crippen LogP contribution in [0.2, 0.25) is 0 Å². The minimum Gasteiger partial charge on any atom is -0.337 e. The summed E-state index contributed by atoms with van der Waals surface area (Å²) in [5.74, 6) is -1.19. The lowest BCUT2D eigenvalue weighted by Crippen LogP contribution is -2.34. The summed E-state index contributed by atoms with van der Waals surface area (Å²) in [6, 6.07) is 2.26. The van der Waals surface area contributed by atoms with Gasteiger partial charge in [0.25, 0.3) is 0 Å². The molecule has 0 spiro atoms. The van der Waals surface area contributed by atoms with Gasteiger partial charge in [0.1, 0.15) is 22.4 Å². The van der Waals surface area contributed by atoms with Crippen molar-refractivity contribution < 1.29 is 17.2 Å². The molecule has 1 aliphatic rings. The van der Waals surface area contributed by atoms with Gasteiger partial charge in [0.05, 0.1) is 6.54 Å². The maximum absolute atomic E-state index is 13.9. The number of halogens is 2. The Morgan fingerprint density at radius 3 is 2.68 bits per heavy atom. The van der Waals surface area contributed by atoms with Crippen molar-refractivity contribution in [3.8, 4) is 0 Å².